The van der Waals surface area contributed by atoms with E-state index in [2.05, 4.69) is 14.8 Å². The zero-order valence-electron chi connectivity index (χ0n) is 15.7. The molecular weight excluding hydrogens is 462 g/mol. The van der Waals surface area contributed by atoms with Crippen LogP contribution in [0.5, 0.6) is 0 Å². The first-order chi connectivity index (χ1) is 12.7. The highest BCUT2D eigenvalue weighted by atomic mass is 127. The molecular formula is C19H30FIN4O2. The number of aliphatic imine (C=N–C) groups is 1. The van der Waals surface area contributed by atoms with Crippen molar-refractivity contribution in [1.82, 2.24) is 4.90 Å². The zero-order valence-corrected chi connectivity index (χ0v) is 18.0. The summed E-state index contributed by atoms with van der Waals surface area (Å²) >= 11 is 0. The molecule has 0 spiro atoms. The number of piperazine rings is 1. The van der Waals surface area contributed by atoms with Gasteiger partial charge in [-0.1, -0.05) is 0 Å². The number of anilines is 1. The first-order valence-electron chi connectivity index (χ1n) is 9.43. The molecule has 27 heavy (non-hydrogen) atoms. The molecule has 1 unspecified atom stereocenters. The van der Waals surface area contributed by atoms with Crippen molar-refractivity contribution in [2.75, 3.05) is 64.1 Å². The average Bonchev–Trinajstić information content (AvgIpc) is 3.19. The Balaban J connectivity index is 0.00000261. The van der Waals surface area contributed by atoms with Gasteiger partial charge in [0.25, 0.3) is 0 Å². The zero-order chi connectivity index (χ0) is 18.2. The van der Waals surface area contributed by atoms with Crippen molar-refractivity contribution >= 4 is 35.6 Å². The number of halogens is 2. The van der Waals surface area contributed by atoms with Crippen LogP contribution in [0.4, 0.5) is 10.1 Å². The van der Waals surface area contributed by atoms with Gasteiger partial charge in [-0.25, -0.2) is 4.39 Å². The molecule has 2 heterocycles. The summed E-state index contributed by atoms with van der Waals surface area (Å²) in [5, 5.41) is 0. The van der Waals surface area contributed by atoms with Gasteiger partial charge in [-0.3, -0.25) is 4.99 Å². The molecule has 2 saturated heterocycles. The maximum absolute atomic E-state index is 13.0. The fraction of sp³-hybridized carbons (Fsp3) is 0.632. The van der Waals surface area contributed by atoms with Crippen LogP contribution < -0.4 is 10.6 Å². The Hall–Kier alpha value is -1.13. The highest BCUT2D eigenvalue weighted by molar-refractivity contribution is 14.0. The maximum atomic E-state index is 13.0. The van der Waals surface area contributed by atoms with Crippen LogP contribution in [0, 0.1) is 11.7 Å². The number of guanidine groups is 1. The van der Waals surface area contributed by atoms with Gasteiger partial charge in [0.05, 0.1) is 13.2 Å². The molecule has 1 aromatic rings. The SMILES string of the molecule is I.NC(=NCCCOCC1CCOC1)N1CCN(c2ccc(F)cc2)CC1. The normalized spacial score (nSPS) is 20.6. The molecule has 2 aliphatic heterocycles. The van der Waals surface area contributed by atoms with Gasteiger partial charge >= 0.3 is 0 Å². The van der Waals surface area contributed by atoms with Crippen molar-refractivity contribution in [3.8, 4) is 0 Å². The molecule has 1 aromatic carbocycles. The molecule has 6 nitrogen and oxygen atoms in total. The number of ether oxygens (including phenoxy) is 2. The Labute approximate surface area is 177 Å². The fourth-order valence-electron chi connectivity index (χ4n) is 3.27. The number of nitrogens with zero attached hydrogens (tertiary/aromatic N) is 3. The number of hydrogen-bond acceptors (Lipinski definition) is 4. The fourth-order valence-corrected chi connectivity index (χ4v) is 3.27. The van der Waals surface area contributed by atoms with Crippen molar-refractivity contribution < 1.29 is 13.9 Å². The van der Waals surface area contributed by atoms with Gasteiger partial charge in [0.2, 0.25) is 0 Å². The number of hydrogen-bond donors (Lipinski definition) is 1. The van der Waals surface area contributed by atoms with E-state index in [4.69, 9.17) is 15.2 Å². The van der Waals surface area contributed by atoms with E-state index in [-0.39, 0.29) is 29.8 Å². The van der Waals surface area contributed by atoms with E-state index in [0.29, 0.717) is 25.0 Å². The molecule has 2 aliphatic rings. The summed E-state index contributed by atoms with van der Waals surface area (Å²) < 4.78 is 24.0. The molecule has 2 N–H and O–H groups in total. The van der Waals surface area contributed by atoms with E-state index >= 15 is 0 Å². The summed E-state index contributed by atoms with van der Waals surface area (Å²) in [7, 11) is 0. The molecule has 3 rings (SSSR count). The maximum Gasteiger partial charge on any atom is 0.191 e. The summed E-state index contributed by atoms with van der Waals surface area (Å²) in [5.74, 6) is 0.957. The van der Waals surface area contributed by atoms with E-state index in [9.17, 15) is 4.39 Å². The Morgan fingerprint density at radius 2 is 1.96 bits per heavy atom. The highest BCUT2D eigenvalue weighted by Crippen LogP contribution is 2.17. The van der Waals surface area contributed by atoms with E-state index in [1.165, 1.54) is 12.1 Å². The molecule has 0 aromatic heterocycles. The lowest BCUT2D eigenvalue weighted by atomic mass is 10.1. The van der Waals surface area contributed by atoms with Crippen LogP contribution >= 0.6 is 24.0 Å². The Morgan fingerprint density at radius 1 is 1.22 bits per heavy atom. The van der Waals surface area contributed by atoms with Crippen LogP contribution in [-0.2, 0) is 9.47 Å². The van der Waals surface area contributed by atoms with E-state index in [1.807, 2.05) is 12.1 Å². The summed E-state index contributed by atoms with van der Waals surface area (Å²) in [6.45, 7) is 7.23. The van der Waals surface area contributed by atoms with Gasteiger partial charge < -0.3 is 25.0 Å². The summed E-state index contributed by atoms with van der Waals surface area (Å²) in [5.41, 5.74) is 7.16. The number of nitrogens with two attached hydrogens (primary N) is 1. The molecule has 8 heteroatoms. The van der Waals surface area contributed by atoms with E-state index in [0.717, 1.165) is 64.5 Å². The molecule has 0 radical (unpaired) electrons. The summed E-state index contributed by atoms with van der Waals surface area (Å²) in [6.07, 6.45) is 1.98. The third-order valence-electron chi connectivity index (χ3n) is 4.89. The second-order valence-corrected chi connectivity index (χ2v) is 6.85. The minimum absolute atomic E-state index is 0. The smallest absolute Gasteiger partial charge is 0.191 e. The standard InChI is InChI=1S/C19H29FN4O2.HI/c20-17-2-4-18(5-3-17)23-8-10-24(11-9-23)19(21)22-7-1-12-25-14-16-6-13-26-15-16;/h2-5,16H,1,6-15H2,(H2,21,22);1H. The first-order valence-corrected chi connectivity index (χ1v) is 9.43. The van der Waals surface area contributed by atoms with Crippen LogP contribution in [0.3, 0.4) is 0 Å². The highest BCUT2D eigenvalue weighted by Gasteiger charge is 2.18. The summed E-state index contributed by atoms with van der Waals surface area (Å²) in [4.78, 5) is 8.82. The molecule has 0 amide bonds. The summed E-state index contributed by atoms with van der Waals surface area (Å²) in [6, 6.07) is 6.64. The minimum Gasteiger partial charge on any atom is -0.381 e. The number of benzene rings is 1. The van der Waals surface area contributed by atoms with Crippen molar-refractivity contribution in [1.29, 1.82) is 0 Å². The van der Waals surface area contributed by atoms with Crippen LogP contribution in [0.2, 0.25) is 0 Å². The van der Waals surface area contributed by atoms with Crippen LogP contribution in [0.15, 0.2) is 29.3 Å². The Kier molecular flexibility index (Phi) is 9.57. The lowest BCUT2D eigenvalue weighted by Gasteiger charge is -2.36. The molecule has 152 valence electrons. The van der Waals surface area contributed by atoms with Crippen molar-refractivity contribution in [2.45, 2.75) is 12.8 Å². The predicted molar refractivity (Wildman–Crippen MR) is 116 cm³/mol. The van der Waals surface area contributed by atoms with Gasteiger partial charge in [0.1, 0.15) is 5.82 Å². The third-order valence-corrected chi connectivity index (χ3v) is 4.89. The quantitative estimate of drug-likeness (QED) is 0.274. The van der Waals surface area contributed by atoms with Crippen LogP contribution in [0.1, 0.15) is 12.8 Å². The largest absolute Gasteiger partial charge is 0.381 e. The first kappa shape index (κ1) is 22.2. The van der Waals surface area contributed by atoms with Gasteiger partial charge in [-0.2, -0.15) is 0 Å². The molecule has 0 aliphatic carbocycles. The molecule has 1 atom stereocenters. The van der Waals surface area contributed by atoms with Crippen LogP contribution in [0.25, 0.3) is 0 Å². The molecule has 2 fully saturated rings. The van der Waals surface area contributed by atoms with Gasteiger partial charge in [-0.15, -0.1) is 24.0 Å². The lowest BCUT2D eigenvalue weighted by Crippen LogP contribution is -2.51. The van der Waals surface area contributed by atoms with Crippen molar-refractivity contribution in [3.05, 3.63) is 30.1 Å². The number of rotatable bonds is 7. The van der Waals surface area contributed by atoms with Crippen molar-refractivity contribution in [2.24, 2.45) is 16.6 Å². The second-order valence-electron chi connectivity index (χ2n) is 6.85. The average molecular weight is 492 g/mol. The second kappa shape index (κ2) is 11.7. The van der Waals surface area contributed by atoms with Crippen molar-refractivity contribution in [3.63, 3.8) is 0 Å². The topological polar surface area (TPSA) is 63.3 Å². The monoisotopic (exact) mass is 492 g/mol. The Morgan fingerprint density at radius 3 is 2.63 bits per heavy atom. The lowest BCUT2D eigenvalue weighted by molar-refractivity contribution is 0.0893. The Bertz CT molecular complexity index is 574. The molecule has 0 bridgehead atoms. The third kappa shape index (κ3) is 7.08. The van der Waals surface area contributed by atoms with Gasteiger partial charge in [0.15, 0.2) is 5.96 Å². The van der Waals surface area contributed by atoms with Gasteiger partial charge in [-0.05, 0) is 37.1 Å². The van der Waals surface area contributed by atoms with Gasteiger partial charge in [0, 0.05) is 57.5 Å². The van der Waals surface area contributed by atoms with E-state index < -0.39 is 0 Å². The predicted octanol–water partition coefficient (Wildman–Crippen LogP) is 2.32. The minimum atomic E-state index is -0.204. The van der Waals surface area contributed by atoms with E-state index in [1.54, 1.807) is 0 Å². The molecule has 0 saturated carbocycles. The van der Waals surface area contributed by atoms with Crippen LogP contribution in [-0.4, -0.2) is 70.0 Å².